The molecule has 0 aromatic rings. The van der Waals surface area contributed by atoms with Crippen LogP contribution in [0.25, 0.3) is 0 Å². The first-order valence-corrected chi connectivity index (χ1v) is 5.83. The van der Waals surface area contributed by atoms with Gasteiger partial charge in [-0.25, -0.2) is 0 Å². The second kappa shape index (κ2) is 4.60. The van der Waals surface area contributed by atoms with Gasteiger partial charge in [-0.05, 0) is 26.2 Å². The van der Waals surface area contributed by atoms with Gasteiger partial charge in [0, 0.05) is 18.7 Å². The molecule has 1 heterocycles. The number of rotatable bonds is 2. The first kappa shape index (κ1) is 10.4. The highest BCUT2D eigenvalue weighted by Gasteiger charge is 2.30. The van der Waals surface area contributed by atoms with E-state index in [1.54, 1.807) is 0 Å². The molecule has 4 atom stereocenters. The second-order valence-electron chi connectivity index (χ2n) is 4.60. The van der Waals surface area contributed by atoms with Gasteiger partial charge in [0.25, 0.3) is 0 Å². The zero-order valence-electron chi connectivity index (χ0n) is 8.91. The van der Waals surface area contributed by atoms with Crippen molar-refractivity contribution in [3.63, 3.8) is 0 Å². The molecule has 0 amide bonds. The van der Waals surface area contributed by atoms with Crippen LogP contribution in [-0.2, 0) is 4.74 Å². The van der Waals surface area contributed by atoms with E-state index in [4.69, 9.17) is 4.74 Å². The molecule has 14 heavy (non-hydrogen) atoms. The summed E-state index contributed by atoms with van der Waals surface area (Å²) in [4.78, 5) is 0. The summed E-state index contributed by atoms with van der Waals surface area (Å²) in [5.41, 5.74) is 0. The van der Waals surface area contributed by atoms with Crippen molar-refractivity contribution in [1.82, 2.24) is 5.32 Å². The van der Waals surface area contributed by atoms with E-state index in [1.165, 1.54) is 12.8 Å². The Kier molecular flexibility index (Phi) is 3.42. The lowest BCUT2D eigenvalue weighted by Gasteiger charge is -2.31. The lowest BCUT2D eigenvalue weighted by molar-refractivity contribution is 0.0694. The van der Waals surface area contributed by atoms with Crippen LogP contribution < -0.4 is 5.32 Å². The van der Waals surface area contributed by atoms with Crippen LogP contribution in [0.3, 0.4) is 0 Å². The molecule has 0 aromatic carbocycles. The van der Waals surface area contributed by atoms with E-state index in [1.807, 2.05) is 0 Å². The monoisotopic (exact) mass is 199 g/mol. The maximum absolute atomic E-state index is 9.81. The molecule has 0 unspecified atom stereocenters. The molecule has 1 saturated carbocycles. The highest BCUT2D eigenvalue weighted by atomic mass is 16.5. The van der Waals surface area contributed by atoms with E-state index in [9.17, 15) is 5.11 Å². The molecule has 1 saturated heterocycles. The summed E-state index contributed by atoms with van der Waals surface area (Å²) < 4.78 is 5.50. The standard InChI is InChI=1S/C11H21NO2/c1-8-9(6-7-14-8)12-10-4-2-3-5-11(10)13/h8-13H,2-7H2,1H3/t8-,9-,10+,11-/m0/s1. The highest BCUT2D eigenvalue weighted by Crippen LogP contribution is 2.21. The van der Waals surface area contributed by atoms with Crippen LogP contribution in [0.15, 0.2) is 0 Å². The molecule has 0 bridgehead atoms. The van der Waals surface area contributed by atoms with Crippen molar-refractivity contribution in [2.75, 3.05) is 6.61 Å². The van der Waals surface area contributed by atoms with Crippen LogP contribution in [0.4, 0.5) is 0 Å². The van der Waals surface area contributed by atoms with Crippen molar-refractivity contribution < 1.29 is 9.84 Å². The average molecular weight is 199 g/mol. The summed E-state index contributed by atoms with van der Waals surface area (Å²) in [7, 11) is 0. The van der Waals surface area contributed by atoms with Gasteiger partial charge in [0.1, 0.15) is 0 Å². The summed E-state index contributed by atoms with van der Waals surface area (Å²) in [6.07, 6.45) is 5.75. The van der Waals surface area contributed by atoms with E-state index >= 15 is 0 Å². The molecule has 0 spiro atoms. The van der Waals surface area contributed by atoms with Crippen molar-refractivity contribution in [3.05, 3.63) is 0 Å². The molecule has 1 aliphatic heterocycles. The maximum Gasteiger partial charge on any atom is 0.0700 e. The van der Waals surface area contributed by atoms with E-state index in [0.717, 1.165) is 25.9 Å². The van der Waals surface area contributed by atoms with E-state index in [-0.39, 0.29) is 6.10 Å². The van der Waals surface area contributed by atoms with Gasteiger partial charge < -0.3 is 15.2 Å². The Morgan fingerprint density at radius 3 is 2.57 bits per heavy atom. The minimum Gasteiger partial charge on any atom is -0.392 e. The van der Waals surface area contributed by atoms with E-state index < -0.39 is 0 Å². The summed E-state index contributed by atoms with van der Waals surface area (Å²) in [6.45, 7) is 2.97. The van der Waals surface area contributed by atoms with Gasteiger partial charge in [-0.3, -0.25) is 0 Å². The second-order valence-corrected chi connectivity index (χ2v) is 4.60. The van der Waals surface area contributed by atoms with Crippen LogP contribution in [0.5, 0.6) is 0 Å². The van der Waals surface area contributed by atoms with Crippen LogP contribution >= 0.6 is 0 Å². The smallest absolute Gasteiger partial charge is 0.0700 e. The van der Waals surface area contributed by atoms with Gasteiger partial charge in [0.2, 0.25) is 0 Å². The van der Waals surface area contributed by atoms with Crippen LogP contribution in [0.1, 0.15) is 39.0 Å². The molecule has 2 N–H and O–H groups in total. The number of hydrogen-bond acceptors (Lipinski definition) is 3. The molecule has 2 rings (SSSR count). The number of hydrogen-bond donors (Lipinski definition) is 2. The van der Waals surface area contributed by atoms with Crippen LogP contribution in [0, 0.1) is 0 Å². The largest absolute Gasteiger partial charge is 0.392 e. The van der Waals surface area contributed by atoms with Gasteiger partial charge in [-0.2, -0.15) is 0 Å². The summed E-state index contributed by atoms with van der Waals surface area (Å²) in [6, 6.07) is 0.755. The molecule has 1 aliphatic carbocycles. The first-order chi connectivity index (χ1) is 6.77. The zero-order valence-corrected chi connectivity index (χ0v) is 8.91. The number of aliphatic hydroxyl groups excluding tert-OH is 1. The topological polar surface area (TPSA) is 41.5 Å². The van der Waals surface area contributed by atoms with E-state index in [0.29, 0.717) is 18.2 Å². The predicted octanol–water partition coefficient (Wildman–Crippen LogP) is 1.06. The normalized spacial score (nSPS) is 44.1. The third-order valence-corrected chi connectivity index (χ3v) is 3.53. The van der Waals surface area contributed by atoms with Gasteiger partial charge >= 0.3 is 0 Å². The molecular formula is C11H21NO2. The summed E-state index contributed by atoms with van der Waals surface area (Å²) >= 11 is 0. The number of ether oxygens (including phenoxy) is 1. The summed E-state index contributed by atoms with van der Waals surface area (Å²) in [5, 5.41) is 13.4. The van der Waals surface area contributed by atoms with Gasteiger partial charge in [-0.15, -0.1) is 0 Å². The van der Waals surface area contributed by atoms with Gasteiger partial charge in [0.05, 0.1) is 12.2 Å². The fourth-order valence-corrected chi connectivity index (χ4v) is 2.53. The number of aliphatic hydroxyl groups is 1. The Balaban J connectivity index is 1.83. The van der Waals surface area contributed by atoms with Gasteiger partial charge in [-0.1, -0.05) is 12.8 Å². The minimum atomic E-state index is -0.142. The van der Waals surface area contributed by atoms with Crippen molar-refractivity contribution in [2.24, 2.45) is 0 Å². The molecule has 0 aromatic heterocycles. The Morgan fingerprint density at radius 1 is 1.14 bits per heavy atom. The zero-order chi connectivity index (χ0) is 9.97. The third kappa shape index (κ3) is 2.27. The SMILES string of the molecule is C[C@@H]1OCC[C@@H]1N[C@@H]1CCCC[C@@H]1O. The molecule has 0 radical (unpaired) electrons. The van der Waals surface area contributed by atoms with Crippen molar-refractivity contribution in [3.8, 4) is 0 Å². The van der Waals surface area contributed by atoms with Crippen molar-refractivity contribution in [2.45, 2.75) is 63.3 Å². The first-order valence-electron chi connectivity index (χ1n) is 5.83. The van der Waals surface area contributed by atoms with Crippen LogP contribution in [-0.4, -0.2) is 36.0 Å². The fourth-order valence-electron chi connectivity index (χ4n) is 2.53. The Labute approximate surface area is 85.8 Å². The van der Waals surface area contributed by atoms with Crippen molar-refractivity contribution >= 4 is 0 Å². The summed E-state index contributed by atoms with van der Waals surface area (Å²) in [5.74, 6) is 0. The van der Waals surface area contributed by atoms with Crippen molar-refractivity contribution in [1.29, 1.82) is 0 Å². The molecule has 82 valence electrons. The van der Waals surface area contributed by atoms with E-state index in [2.05, 4.69) is 12.2 Å². The molecular weight excluding hydrogens is 178 g/mol. The number of nitrogens with one attached hydrogen (secondary N) is 1. The molecule has 2 aliphatic rings. The molecule has 2 fully saturated rings. The molecule has 3 heteroatoms. The third-order valence-electron chi connectivity index (χ3n) is 3.53. The molecule has 3 nitrogen and oxygen atoms in total. The Hall–Kier alpha value is -0.120. The quantitative estimate of drug-likeness (QED) is 0.698. The lowest BCUT2D eigenvalue weighted by Crippen LogP contribution is -2.49. The predicted molar refractivity (Wildman–Crippen MR) is 55.2 cm³/mol. The van der Waals surface area contributed by atoms with Crippen LogP contribution in [0.2, 0.25) is 0 Å². The fraction of sp³-hybridized carbons (Fsp3) is 1.00. The highest BCUT2D eigenvalue weighted by molar-refractivity contribution is 4.87. The minimum absolute atomic E-state index is 0.142. The van der Waals surface area contributed by atoms with Gasteiger partial charge in [0.15, 0.2) is 0 Å². The Bertz CT molecular complexity index is 186. The average Bonchev–Trinajstić information content (AvgIpc) is 2.56. The Morgan fingerprint density at radius 2 is 1.93 bits per heavy atom. The maximum atomic E-state index is 9.81. The lowest BCUT2D eigenvalue weighted by atomic mass is 9.91.